The van der Waals surface area contributed by atoms with Crippen LogP contribution in [0.5, 0.6) is 0 Å². The summed E-state index contributed by atoms with van der Waals surface area (Å²) in [5, 5.41) is 9.19. The van der Waals surface area contributed by atoms with Gasteiger partial charge in [-0.05, 0) is 25.8 Å². The number of aryl methyl sites for hydroxylation is 1. The first-order chi connectivity index (χ1) is 8.14. The Balaban J connectivity index is 2.19. The predicted octanol–water partition coefficient (Wildman–Crippen LogP) is 2.56. The van der Waals surface area contributed by atoms with Gasteiger partial charge in [0.25, 0.3) is 0 Å². The van der Waals surface area contributed by atoms with E-state index in [0.717, 1.165) is 5.56 Å². The third-order valence-corrected chi connectivity index (χ3v) is 3.28. The zero-order valence-electron chi connectivity index (χ0n) is 10.1. The van der Waals surface area contributed by atoms with Crippen LogP contribution in [0.2, 0.25) is 0 Å². The molecule has 1 saturated carbocycles. The van der Waals surface area contributed by atoms with Crippen LogP contribution in [0.25, 0.3) is 0 Å². The number of rotatable bonds is 3. The number of ether oxygens (including phenoxy) is 1. The normalized spacial score (nSPS) is 26.1. The van der Waals surface area contributed by atoms with Gasteiger partial charge in [0.15, 0.2) is 5.41 Å². The van der Waals surface area contributed by atoms with E-state index in [2.05, 4.69) is 6.07 Å². The maximum Gasteiger partial charge on any atom is 0.327 e. The predicted molar refractivity (Wildman–Crippen MR) is 63.2 cm³/mol. The summed E-state index contributed by atoms with van der Waals surface area (Å²) in [5.41, 5.74) is 1.28. The number of nitriles is 1. The molecule has 2 atom stereocenters. The Labute approximate surface area is 101 Å². The van der Waals surface area contributed by atoms with E-state index in [9.17, 15) is 10.1 Å². The average molecular weight is 229 g/mol. The van der Waals surface area contributed by atoms with Crippen LogP contribution in [0.1, 0.15) is 30.4 Å². The molecule has 2 rings (SSSR count). The quantitative estimate of drug-likeness (QED) is 0.748. The molecule has 0 spiro atoms. The molecule has 17 heavy (non-hydrogen) atoms. The zero-order chi connectivity index (χ0) is 12.5. The summed E-state index contributed by atoms with van der Waals surface area (Å²) in [6.45, 7) is 4.09. The van der Waals surface area contributed by atoms with E-state index in [4.69, 9.17) is 4.74 Å². The summed E-state index contributed by atoms with van der Waals surface area (Å²) < 4.78 is 4.97. The van der Waals surface area contributed by atoms with Gasteiger partial charge in [-0.15, -0.1) is 0 Å². The molecule has 0 aromatic heterocycles. The van der Waals surface area contributed by atoms with E-state index in [1.165, 1.54) is 5.56 Å². The van der Waals surface area contributed by atoms with Crippen LogP contribution in [0.3, 0.4) is 0 Å². The van der Waals surface area contributed by atoms with Gasteiger partial charge in [-0.3, -0.25) is 4.79 Å². The van der Waals surface area contributed by atoms with Gasteiger partial charge in [0.2, 0.25) is 0 Å². The second-order valence-corrected chi connectivity index (χ2v) is 4.47. The van der Waals surface area contributed by atoms with Crippen molar-refractivity contribution in [2.24, 2.45) is 5.41 Å². The fraction of sp³-hybridized carbons (Fsp3) is 0.429. The third kappa shape index (κ3) is 1.91. The number of carbonyl (C=O) groups is 1. The molecule has 0 saturated heterocycles. The van der Waals surface area contributed by atoms with Crippen molar-refractivity contribution in [3.05, 3.63) is 35.4 Å². The Morgan fingerprint density at radius 3 is 2.71 bits per heavy atom. The Kier molecular flexibility index (Phi) is 2.89. The first-order valence-corrected chi connectivity index (χ1v) is 5.79. The van der Waals surface area contributed by atoms with Gasteiger partial charge in [0.05, 0.1) is 12.7 Å². The van der Waals surface area contributed by atoms with Crippen molar-refractivity contribution in [2.75, 3.05) is 6.61 Å². The van der Waals surface area contributed by atoms with E-state index in [0.29, 0.717) is 13.0 Å². The molecule has 1 aliphatic carbocycles. The molecule has 88 valence electrons. The van der Waals surface area contributed by atoms with Crippen molar-refractivity contribution < 1.29 is 9.53 Å². The Morgan fingerprint density at radius 1 is 1.53 bits per heavy atom. The number of benzene rings is 1. The van der Waals surface area contributed by atoms with Crippen LogP contribution in [0, 0.1) is 23.7 Å². The van der Waals surface area contributed by atoms with E-state index in [1.807, 2.05) is 31.2 Å². The van der Waals surface area contributed by atoms with Gasteiger partial charge in [0, 0.05) is 5.92 Å². The topological polar surface area (TPSA) is 50.1 Å². The van der Waals surface area contributed by atoms with Crippen molar-refractivity contribution >= 4 is 5.97 Å². The molecule has 0 aliphatic heterocycles. The lowest BCUT2D eigenvalue weighted by atomic mass is 10.00. The Bertz CT molecular complexity index is 472. The number of esters is 1. The van der Waals surface area contributed by atoms with Crippen LogP contribution >= 0.6 is 0 Å². The van der Waals surface area contributed by atoms with Crippen molar-refractivity contribution in [1.82, 2.24) is 0 Å². The van der Waals surface area contributed by atoms with E-state index < -0.39 is 5.41 Å². The molecular weight excluding hydrogens is 214 g/mol. The molecule has 0 amide bonds. The zero-order valence-corrected chi connectivity index (χ0v) is 10.1. The molecule has 3 nitrogen and oxygen atoms in total. The van der Waals surface area contributed by atoms with Crippen LogP contribution in [-0.4, -0.2) is 12.6 Å². The summed E-state index contributed by atoms with van der Waals surface area (Å²) in [6.07, 6.45) is 0.575. The lowest BCUT2D eigenvalue weighted by molar-refractivity contribution is -0.147. The minimum absolute atomic E-state index is 0.00727. The molecule has 0 radical (unpaired) electrons. The van der Waals surface area contributed by atoms with Crippen LogP contribution < -0.4 is 0 Å². The first-order valence-electron chi connectivity index (χ1n) is 5.79. The summed E-state index contributed by atoms with van der Waals surface area (Å²) >= 11 is 0. The number of hydrogen-bond acceptors (Lipinski definition) is 3. The molecule has 0 N–H and O–H groups in total. The molecule has 0 unspecified atom stereocenters. The molecular formula is C14H15NO2. The molecule has 0 heterocycles. The van der Waals surface area contributed by atoms with Crippen molar-refractivity contribution in [1.29, 1.82) is 5.26 Å². The lowest BCUT2D eigenvalue weighted by Gasteiger charge is -2.08. The maximum atomic E-state index is 11.8. The Morgan fingerprint density at radius 2 is 2.18 bits per heavy atom. The average Bonchev–Trinajstić information content (AvgIpc) is 3.06. The van der Waals surface area contributed by atoms with Gasteiger partial charge < -0.3 is 4.74 Å². The number of nitrogens with zero attached hydrogens (tertiary/aromatic N) is 1. The Hall–Kier alpha value is -1.82. The van der Waals surface area contributed by atoms with Crippen LogP contribution in [0.4, 0.5) is 0 Å². The standard InChI is InChI=1S/C14H15NO2/c1-3-17-13(16)14(9-15)8-12(14)11-6-4-10(2)5-7-11/h4-7,12H,3,8H2,1-2H3/t12-,14-/m0/s1. The number of carbonyl (C=O) groups excluding carboxylic acids is 1. The summed E-state index contributed by atoms with van der Waals surface area (Å²) in [6, 6.07) is 10.1. The molecule has 1 aromatic carbocycles. The molecule has 1 aromatic rings. The van der Waals surface area contributed by atoms with Crippen molar-refractivity contribution in [3.8, 4) is 6.07 Å². The van der Waals surface area contributed by atoms with Crippen LogP contribution in [0.15, 0.2) is 24.3 Å². The molecule has 1 fully saturated rings. The van der Waals surface area contributed by atoms with Gasteiger partial charge in [-0.2, -0.15) is 5.26 Å². The number of hydrogen-bond donors (Lipinski definition) is 0. The molecule has 0 bridgehead atoms. The van der Waals surface area contributed by atoms with Crippen LogP contribution in [-0.2, 0) is 9.53 Å². The van der Waals surface area contributed by atoms with Crippen molar-refractivity contribution in [3.63, 3.8) is 0 Å². The van der Waals surface area contributed by atoms with Gasteiger partial charge in [0.1, 0.15) is 0 Å². The largest absolute Gasteiger partial charge is 0.465 e. The van der Waals surface area contributed by atoms with Gasteiger partial charge >= 0.3 is 5.97 Å². The molecule has 3 heteroatoms. The SMILES string of the molecule is CCOC(=O)[C@]1(C#N)C[C@H]1c1ccc(C)cc1. The summed E-state index contributed by atoms with van der Waals surface area (Å²) in [4.78, 5) is 11.8. The van der Waals surface area contributed by atoms with Gasteiger partial charge in [-0.25, -0.2) is 0 Å². The van der Waals surface area contributed by atoms with Crippen molar-refractivity contribution in [2.45, 2.75) is 26.2 Å². The van der Waals surface area contributed by atoms with E-state index in [1.54, 1.807) is 6.92 Å². The second-order valence-electron chi connectivity index (χ2n) is 4.47. The highest BCUT2D eigenvalue weighted by Crippen LogP contribution is 2.59. The highest BCUT2D eigenvalue weighted by Gasteiger charge is 2.62. The maximum absolute atomic E-state index is 11.8. The lowest BCUT2D eigenvalue weighted by Crippen LogP contribution is -2.19. The molecule has 1 aliphatic rings. The van der Waals surface area contributed by atoms with Gasteiger partial charge in [-0.1, -0.05) is 29.8 Å². The van der Waals surface area contributed by atoms with E-state index in [-0.39, 0.29) is 11.9 Å². The van der Waals surface area contributed by atoms with E-state index >= 15 is 0 Å². The minimum Gasteiger partial charge on any atom is -0.465 e. The fourth-order valence-electron chi connectivity index (χ4n) is 2.12. The smallest absolute Gasteiger partial charge is 0.327 e. The summed E-state index contributed by atoms with van der Waals surface area (Å²) in [7, 11) is 0. The minimum atomic E-state index is -0.939. The fourth-order valence-corrected chi connectivity index (χ4v) is 2.12. The highest BCUT2D eigenvalue weighted by molar-refractivity contribution is 5.85. The first kappa shape index (κ1) is 11.7. The highest BCUT2D eigenvalue weighted by atomic mass is 16.5. The summed E-state index contributed by atoms with van der Waals surface area (Å²) in [5.74, 6) is -0.389. The second kappa shape index (κ2) is 4.21. The third-order valence-electron chi connectivity index (χ3n) is 3.28. The monoisotopic (exact) mass is 229 g/mol.